The number of rotatable bonds is 5. The number of hydrogen-bond acceptors (Lipinski definition) is 2. The fourth-order valence-corrected chi connectivity index (χ4v) is 3.16. The Hall–Kier alpha value is -0.0800. The number of nitrogens with two attached hydrogens (primary N) is 1. The van der Waals surface area contributed by atoms with Crippen LogP contribution in [0.2, 0.25) is 0 Å². The summed E-state index contributed by atoms with van der Waals surface area (Å²) in [6.45, 7) is 6.49. The van der Waals surface area contributed by atoms with Gasteiger partial charge in [0.15, 0.2) is 0 Å². The highest BCUT2D eigenvalue weighted by atomic mass is 14.9. The molecule has 2 heteroatoms. The van der Waals surface area contributed by atoms with E-state index in [2.05, 4.69) is 19.2 Å². The third-order valence-corrected chi connectivity index (χ3v) is 4.80. The summed E-state index contributed by atoms with van der Waals surface area (Å²) in [7, 11) is 0. The molecule has 1 aliphatic rings. The van der Waals surface area contributed by atoms with Crippen molar-refractivity contribution in [2.45, 2.75) is 84.1 Å². The van der Waals surface area contributed by atoms with Crippen LogP contribution in [-0.2, 0) is 0 Å². The Kier molecular flexibility index (Phi) is 9.54. The molecule has 0 aromatic rings. The monoisotopic (exact) mass is 268 g/mol. The van der Waals surface area contributed by atoms with Crippen LogP contribution in [0.4, 0.5) is 0 Å². The van der Waals surface area contributed by atoms with Gasteiger partial charge in [-0.15, -0.1) is 0 Å². The van der Waals surface area contributed by atoms with E-state index in [9.17, 15) is 0 Å². The fraction of sp³-hybridized carbons (Fsp3) is 1.00. The maximum absolute atomic E-state index is 5.70. The van der Waals surface area contributed by atoms with E-state index in [0.29, 0.717) is 12.0 Å². The average Bonchev–Trinajstić information content (AvgIpc) is 2.49. The molecule has 19 heavy (non-hydrogen) atoms. The van der Waals surface area contributed by atoms with E-state index in [1.165, 1.54) is 64.2 Å². The molecule has 1 saturated carbocycles. The molecule has 1 rings (SSSR count). The van der Waals surface area contributed by atoms with Gasteiger partial charge in [-0.2, -0.15) is 0 Å². The Balaban J connectivity index is 2.32. The largest absolute Gasteiger partial charge is 0.330 e. The summed E-state index contributed by atoms with van der Waals surface area (Å²) in [4.78, 5) is 0. The predicted molar refractivity (Wildman–Crippen MR) is 85.3 cm³/mol. The van der Waals surface area contributed by atoms with Crippen LogP contribution in [0.5, 0.6) is 0 Å². The summed E-state index contributed by atoms with van der Waals surface area (Å²) in [6, 6.07) is 0.662. The van der Waals surface area contributed by atoms with Crippen LogP contribution in [0.25, 0.3) is 0 Å². The quantitative estimate of drug-likeness (QED) is 0.788. The summed E-state index contributed by atoms with van der Waals surface area (Å²) < 4.78 is 0. The Morgan fingerprint density at radius 2 is 1.37 bits per heavy atom. The second-order valence-corrected chi connectivity index (χ2v) is 6.70. The number of nitrogens with one attached hydrogen (secondary N) is 1. The first kappa shape index (κ1) is 17.0. The molecule has 0 heterocycles. The van der Waals surface area contributed by atoms with Crippen LogP contribution in [0.15, 0.2) is 0 Å². The van der Waals surface area contributed by atoms with Gasteiger partial charge in [0.25, 0.3) is 0 Å². The van der Waals surface area contributed by atoms with E-state index in [0.717, 1.165) is 19.0 Å². The summed E-state index contributed by atoms with van der Waals surface area (Å²) in [6.07, 6.45) is 14.4. The molecule has 2 unspecified atom stereocenters. The molecule has 0 radical (unpaired) electrons. The molecule has 0 aliphatic heterocycles. The van der Waals surface area contributed by atoms with Gasteiger partial charge in [0, 0.05) is 6.04 Å². The van der Waals surface area contributed by atoms with Gasteiger partial charge < -0.3 is 11.1 Å². The lowest BCUT2D eigenvalue weighted by Crippen LogP contribution is -2.37. The maximum Gasteiger partial charge on any atom is 0.00671 e. The first-order valence-electron chi connectivity index (χ1n) is 8.67. The predicted octanol–water partition coefficient (Wildman–Crippen LogP) is 4.09. The third-order valence-electron chi connectivity index (χ3n) is 4.80. The topological polar surface area (TPSA) is 38.0 Å². The Bertz CT molecular complexity index is 193. The van der Waals surface area contributed by atoms with Crippen molar-refractivity contribution in [3.05, 3.63) is 0 Å². The standard InChI is InChI=1S/C17H36N2/c1-15(13-18)14-19-16(2)17-11-9-7-5-3-4-6-8-10-12-17/h15-17,19H,3-14,18H2,1-2H3. The lowest BCUT2D eigenvalue weighted by Gasteiger charge is -2.26. The first-order chi connectivity index (χ1) is 9.24. The van der Waals surface area contributed by atoms with Gasteiger partial charge in [0.1, 0.15) is 0 Å². The Morgan fingerprint density at radius 3 is 1.84 bits per heavy atom. The molecule has 1 aliphatic carbocycles. The van der Waals surface area contributed by atoms with Crippen molar-refractivity contribution in [1.82, 2.24) is 5.32 Å². The molecular formula is C17H36N2. The van der Waals surface area contributed by atoms with Gasteiger partial charge in [-0.05, 0) is 44.7 Å². The Morgan fingerprint density at radius 1 is 0.895 bits per heavy atom. The zero-order chi connectivity index (χ0) is 13.9. The fourth-order valence-electron chi connectivity index (χ4n) is 3.16. The third kappa shape index (κ3) is 7.94. The van der Waals surface area contributed by atoms with Crippen molar-refractivity contribution >= 4 is 0 Å². The molecule has 0 amide bonds. The van der Waals surface area contributed by atoms with Gasteiger partial charge in [0.05, 0.1) is 0 Å². The van der Waals surface area contributed by atoms with E-state index in [1.54, 1.807) is 0 Å². The van der Waals surface area contributed by atoms with Crippen molar-refractivity contribution in [1.29, 1.82) is 0 Å². The smallest absolute Gasteiger partial charge is 0.00671 e. The van der Waals surface area contributed by atoms with Crippen LogP contribution in [-0.4, -0.2) is 19.1 Å². The van der Waals surface area contributed by atoms with Crippen LogP contribution in [0.1, 0.15) is 78.1 Å². The average molecular weight is 268 g/mol. The minimum absolute atomic E-state index is 0.602. The molecular weight excluding hydrogens is 232 g/mol. The van der Waals surface area contributed by atoms with Crippen molar-refractivity contribution < 1.29 is 0 Å². The zero-order valence-corrected chi connectivity index (χ0v) is 13.3. The molecule has 2 nitrogen and oxygen atoms in total. The highest BCUT2D eigenvalue weighted by molar-refractivity contribution is 4.74. The highest BCUT2D eigenvalue weighted by Gasteiger charge is 2.17. The minimum atomic E-state index is 0.602. The van der Waals surface area contributed by atoms with Crippen LogP contribution < -0.4 is 11.1 Å². The van der Waals surface area contributed by atoms with Crippen molar-refractivity contribution in [3.8, 4) is 0 Å². The highest BCUT2D eigenvalue weighted by Crippen LogP contribution is 2.23. The van der Waals surface area contributed by atoms with Crippen LogP contribution >= 0.6 is 0 Å². The van der Waals surface area contributed by atoms with Crippen LogP contribution in [0, 0.1) is 11.8 Å². The SMILES string of the molecule is CC(CN)CNC(C)C1CCCCCCCCCC1. The second-order valence-electron chi connectivity index (χ2n) is 6.70. The number of hydrogen-bond donors (Lipinski definition) is 2. The van der Waals surface area contributed by atoms with Crippen molar-refractivity contribution in [2.24, 2.45) is 17.6 Å². The van der Waals surface area contributed by atoms with Crippen molar-refractivity contribution in [2.75, 3.05) is 13.1 Å². The van der Waals surface area contributed by atoms with Gasteiger partial charge in [-0.25, -0.2) is 0 Å². The van der Waals surface area contributed by atoms with Gasteiger partial charge in [-0.3, -0.25) is 0 Å². The molecule has 114 valence electrons. The summed E-state index contributed by atoms with van der Waals surface area (Å²) in [5, 5.41) is 3.72. The van der Waals surface area contributed by atoms with E-state index in [-0.39, 0.29) is 0 Å². The van der Waals surface area contributed by atoms with Gasteiger partial charge >= 0.3 is 0 Å². The zero-order valence-electron chi connectivity index (χ0n) is 13.3. The summed E-state index contributed by atoms with van der Waals surface area (Å²) in [5.41, 5.74) is 5.70. The maximum atomic E-state index is 5.70. The normalized spacial score (nSPS) is 23.5. The first-order valence-corrected chi connectivity index (χ1v) is 8.67. The van der Waals surface area contributed by atoms with E-state index in [4.69, 9.17) is 5.73 Å². The van der Waals surface area contributed by atoms with E-state index < -0.39 is 0 Å². The van der Waals surface area contributed by atoms with Crippen LogP contribution in [0.3, 0.4) is 0 Å². The molecule has 0 aromatic heterocycles. The molecule has 1 fully saturated rings. The second kappa shape index (κ2) is 10.7. The van der Waals surface area contributed by atoms with E-state index in [1.807, 2.05) is 0 Å². The molecule has 0 bridgehead atoms. The van der Waals surface area contributed by atoms with E-state index >= 15 is 0 Å². The molecule has 2 atom stereocenters. The van der Waals surface area contributed by atoms with Crippen molar-refractivity contribution in [3.63, 3.8) is 0 Å². The van der Waals surface area contributed by atoms with Gasteiger partial charge in [-0.1, -0.05) is 58.3 Å². The molecule has 0 aromatic carbocycles. The summed E-state index contributed by atoms with van der Waals surface area (Å²) in [5.74, 6) is 1.48. The van der Waals surface area contributed by atoms with Gasteiger partial charge in [0.2, 0.25) is 0 Å². The Labute approximate surface area is 120 Å². The molecule has 0 saturated heterocycles. The summed E-state index contributed by atoms with van der Waals surface area (Å²) >= 11 is 0. The lowest BCUT2D eigenvalue weighted by atomic mass is 9.89. The molecule has 3 N–H and O–H groups in total. The minimum Gasteiger partial charge on any atom is -0.330 e. The molecule has 0 spiro atoms. The lowest BCUT2D eigenvalue weighted by molar-refractivity contribution is 0.305.